The Hall–Kier alpha value is -2.95. The molecule has 0 saturated carbocycles. The molecule has 0 unspecified atom stereocenters. The minimum Gasteiger partial charge on any atom is -0.493 e. The molecule has 3 N–H and O–H groups in total. The van der Waals surface area contributed by atoms with Crippen molar-refractivity contribution in [3.05, 3.63) is 34.9 Å². The molecule has 2 aliphatic rings. The van der Waals surface area contributed by atoms with Crippen LogP contribution >= 0.6 is 0 Å². The second kappa shape index (κ2) is 11.5. The number of nitrogens with one attached hydrogen (secondary N) is 1. The number of hydrogen-bond acceptors (Lipinski definition) is 8. The standard InChI is InChI=1S/C24H32N2O8/c1-4-33-9-5-7-26(14(2)29)18-12-17(24(31)25-6-8-27)20-16-10-15(13-28)11-19(32-3)22(16)34-23(20)21(18)30/h10-13,18,20-21,23,27,30H,4-9H2,1-3H3,(H,25,31)/t18-,20+,21+,23+/m1/s1. The van der Waals surface area contributed by atoms with Crippen LogP contribution in [-0.2, 0) is 14.3 Å². The summed E-state index contributed by atoms with van der Waals surface area (Å²) in [5.74, 6) is -0.749. The number of aldehydes is 1. The summed E-state index contributed by atoms with van der Waals surface area (Å²) in [6.45, 7) is 4.42. The molecule has 34 heavy (non-hydrogen) atoms. The predicted octanol–water partition coefficient (Wildman–Crippen LogP) is 0.405. The molecule has 1 aromatic rings. The summed E-state index contributed by atoms with van der Waals surface area (Å²) in [7, 11) is 1.44. The zero-order valence-electron chi connectivity index (χ0n) is 19.7. The third kappa shape index (κ3) is 5.08. The SMILES string of the molecule is CCOCCCN(C(C)=O)[C@@H]1C=C(C(=O)NCCO)[C@@H]2c3cc(C=O)cc(OC)c3O[C@@H]2[C@H]1O. The highest BCUT2D eigenvalue weighted by Gasteiger charge is 2.51. The fourth-order valence-electron chi connectivity index (χ4n) is 4.56. The van der Waals surface area contributed by atoms with E-state index in [2.05, 4.69) is 5.32 Å². The Bertz CT molecular complexity index is 947. The maximum atomic E-state index is 13.1. The van der Waals surface area contributed by atoms with Gasteiger partial charge < -0.3 is 34.6 Å². The van der Waals surface area contributed by atoms with Gasteiger partial charge in [-0.2, -0.15) is 0 Å². The first-order valence-corrected chi connectivity index (χ1v) is 11.3. The highest BCUT2D eigenvalue weighted by Crippen LogP contribution is 2.51. The molecule has 0 spiro atoms. The van der Waals surface area contributed by atoms with E-state index in [1.165, 1.54) is 25.0 Å². The van der Waals surface area contributed by atoms with E-state index in [9.17, 15) is 24.6 Å². The number of methoxy groups -OCH3 is 1. The van der Waals surface area contributed by atoms with Crippen molar-refractivity contribution in [3.8, 4) is 11.5 Å². The summed E-state index contributed by atoms with van der Waals surface area (Å²) in [6.07, 6.45) is 0.779. The zero-order valence-corrected chi connectivity index (χ0v) is 19.7. The Morgan fingerprint density at radius 3 is 2.71 bits per heavy atom. The largest absolute Gasteiger partial charge is 0.493 e. The van der Waals surface area contributed by atoms with E-state index in [0.717, 1.165) is 0 Å². The molecule has 0 saturated heterocycles. The predicted molar refractivity (Wildman–Crippen MR) is 122 cm³/mol. The van der Waals surface area contributed by atoms with Crippen molar-refractivity contribution in [2.75, 3.05) is 40.0 Å². The molecule has 4 atom stereocenters. The van der Waals surface area contributed by atoms with Crippen molar-refractivity contribution in [1.82, 2.24) is 10.2 Å². The van der Waals surface area contributed by atoms with Crippen LogP contribution in [0, 0.1) is 0 Å². The van der Waals surface area contributed by atoms with Gasteiger partial charge in [0.25, 0.3) is 0 Å². The van der Waals surface area contributed by atoms with Gasteiger partial charge in [-0.25, -0.2) is 0 Å². The van der Waals surface area contributed by atoms with Crippen LogP contribution in [0.1, 0.15) is 42.1 Å². The van der Waals surface area contributed by atoms with E-state index < -0.39 is 30.1 Å². The van der Waals surface area contributed by atoms with Gasteiger partial charge in [0.2, 0.25) is 11.8 Å². The molecule has 3 rings (SSSR count). The Kier molecular flexibility index (Phi) is 8.65. The second-order valence-corrected chi connectivity index (χ2v) is 8.17. The fraction of sp³-hybridized carbons (Fsp3) is 0.542. The number of aliphatic hydroxyl groups is 2. The Balaban J connectivity index is 2.05. The Morgan fingerprint density at radius 2 is 2.09 bits per heavy atom. The quantitative estimate of drug-likeness (QED) is 0.309. The van der Waals surface area contributed by atoms with Crippen LogP contribution in [0.5, 0.6) is 11.5 Å². The lowest BCUT2D eigenvalue weighted by atomic mass is 9.77. The van der Waals surface area contributed by atoms with Crippen LogP contribution < -0.4 is 14.8 Å². The minimum absolute atomic E-state index is 0.0387. The molecule has 2 amide bonds. The maximum absolute atomic E-state index is 13.1. The number of carbonyl (C=O) groups excluding carboxylic acids is 3. The number of ether oxygens (including phenoxy) is 3. The molecule has 10 heteroatoms. The van der Waals surface area contributed by atoms with Crippen LogP contribution in [0.4, 0.5) is 0 Å². The van der Waals surface area contributed by atoms with Crippen molar-refractivity contribution >= 4 is 18.1 Å². The van der Waals surface area contributed by atoms with E-state index in [4.69, 9.17) is 14.2 Å². The van der Waals surface area contributed by atoms with E-state index in [-0.39, 0.29) is 24.6 Å². The lowest BCUT2D eigenvalue weighted by molar-refractivity contribution is -0.135. The number of rotatable bonds is 11. The van der Waals surface area contributed by atoms with Gasteiger partial charge in [0, 0.05) is 49.9 Å². The van der Waals surface area contributed by atoms with Crippen LogP contribution in [-0.4, -0.2) is 91.5 Å². The van der Waals surface area contributed by atoms with Gasteiger partial charge in [0.1, 0.15) is 18.5 Å². The van der Waals surface area contributed by atoms with E-state index in [1.54, 1.807) is 12.1 Å². The van der Waals surface area contributed by atoms with Crippen molar-refractivity contribution in [1.29, 1.82) is 0 Å². The third-order valence-electron chi connectivity index (χ3n) is 6.07. The second-order valence-electron chi connectivity index (χ2n) is 8.17. The lowest BCUT2D eigenvalue weighted by Gasteiger charge is -2.40. The normalized spacial score (nSPS) is 22.7. The lowest BCUT2D eigenvalue weighted by Crippen LogP contribution is -2.55. The molecule has 1 aromatic carbocycles. The first-order chi connectivity index (χ1) is 16.4. The molecule has 0 radical (unpaired) electrons. The van der Waals surface area contributed by atoms with Gasteiger partial charge >= 0.3 is 0 Å². The smallest absolute Gasteiger partial charge is 0.247 e. The number of fused-ring (bicyclic) bond motifs is 3. The van der Waals surface area contributed by atoms with Gasteiger partial charge in [0.15, 0.2) is 11.5 Å². The molecule has 0 bridgehead atoms. The monoisotopic (exact) mass is 476 g/mol. The number of amides is 2. The van der Waals surface area contributed by atoms with Crippen molar-refractivity contribution in [2.45, 2.75) is 44.4 Å². The van der Waals surface area contributed by atoms with Gasteiger partial charge in [-0.3, -0.25) is 14.4 Å². The van der Waals surface area contributed by atoms with Crippen molar-refractivity contribution in [3.63, 3.8) is 0 Å². The highest BCUT2D eigenvalue weighted by atomic mass is 16.5. The number of hydrogen-bond donors (Lipinski definition) is 3. The average Bonchev–Trinajstić information content (AvgIpc) is 3.22. The van der Waals surface area contributed by atoms with Gasteiger partial charge in [-0.1, -0.05) is 0 Å². The number of carbonyl (C=O) groups is 3. The molecular formula is C24H32N2O8. The third-order valence-corrected chi connectivity index (χ3v) is 6.07. The summed E-state index contributed by atoms with van der Waals surface area (Å²) >= 11 is 0. The van der Waals surface area contributed by atoms with Crippen LogP contribution in [0.2, 0.25) is 0 Å². The molecule has 1 aliphatic heterocycles. The van der Waals surface area contributed by atoms with Gasteiger partial charge in [-0.05, 0) is 31.6 Å². The molecule has 1 aliphatic carbocycles. The average molecular weight is 477 g/mol. The van der Waals surface area contributed by atoms with E-state index in [0.29, 0.717) is 55.1 Å². The molecular weight excluding hydrogens is 444 g/mol. The molecule has 0 aromatic heterocycles. The Labute approximate surface area is 198 Å². The first kappa shape index (κ1) is 25.7. The molecule has 186 valence electrons. The molecule has 10 nitrogen and oxygen atoms in total. The maximum Gasteiger partial charge on any atom is 0.247 e. The Morgan fingerprint density at radius 1 is 1.32 bits per heavy atom. The summed E-state index contributed by atoms with van der Waals surface area (Å²) < 4.78 is 16.9. The van der Waals surface area contributed by atoms with Crippen molar-refractivity contribution in [2.24, 2.45) is 0 Å². The molecule has 0 fully saturated rings. The van der Waals surface area contributed by atoms with Crippen LogP contribution in [0.3, 0.4) is 0 Å². The fourth-order valence-corrected chi connectivity index (χ4v) is 4.56. The topological polar surface area (TPSA) is 135 Å². The van der Waals surface area contributed by atoms with E-state index in [1.807, 2.05) is 6.92 Å². The van der Waals surface area contributed by atoms with Gasteiger partial charge in [0.05, 0.1) is 25.7 Å². The summed E-state index contributed by atoms with van der Waals surface area (Å²) in [5, 5.41) is 23.1. The number of aliphatic hydroxyl groups excluding tert-OH is 2. The van der Waals surface area contributed by atoms with Crippen molar-refractivity contribution < 1.29 is 38.8 Å². The molecule has 1 heterocycles. The first-order valence-electron chi connectivity index (χ1n) is 11.3. The van der Waals surface area contributed by atoms with Crippen LogP contribution in [0.15, 0.2) is 23.8 Å². The zero-order chi connectivity index (χ0) is 24.8. The minimum atomic E-state index is -1.15. The summed E-state index contributed by atoms with van der Waals surface area (Å²) in [5.41, 5.74) is 1.17. The van der Waals surface area contributed by atoms with Gasteiger partial charge in [-0.15, -0.1) is 0 Å². The van der Waals surface area contributed by atoms with Crippen LogP contribution in [0.25, 0.3) is 0 Å². The number of nitrogens with zero attached hydrogens (tertiary/aromatic N) is 1. The number of benzene rings is 1. The summed E-state index contributed by atoms with van der Waals surface area (Å²) in [6, 6.07) is 2.32. The van der Waals surface area contributed by atoms with E-state index >= 15 is 0 Å². The highest BCUT2D eigenvalue weighted by molar-refractivity contribution is 5.96. The summed E-state index contributed by atoms with van der Waals surface area (Å²) in [4.78, 5) is 38.6.